The number of nitrogens with zero attached hydrogens (tertiary/aromatic N) is 2. The minimum Gasteiger partial charge on any atom is -0.444 e. The van der Waals surface area contributed by atoms with Crippen LogP contribution in [0.25, 0.3) is 0 Å². The van der Waals surface area contributed by atoms with Crippen LogP contribution in [0.4, 0.5) is 10.6 Å². The van der Waals surface area contributed by atoms with Crippen molar-refractivity contribution in [2.45, 2.75) is 33.3 Å². The molecule has 1 aromatic rings. The van der Waals surface area contributed by atoms with E-state index in [1.165, 1.54) is 17.8 Å². The van der Waals surface area contributed by atoms with E-state index < -0.39 is 11.7 Å². The Kier molecular flexibility index (Phi) is 3.55. The quantitative estimate of drug-likeness (QED) is 0.801. The Morgan fingerprint density at radius 1 is 1.41 bits per heavy atom. The number of hydrogen-bond acceptors (Lipinski definition) is 4. The zero-order chi connectivity index (χ0) is 13.2. The number of aryl methyl sites for hydroxylation is 1. The van der Waals surface area contributed by atoms with Crippen molar-refractivity contribution in [1.82, 2.24) is 9.78 Å². The second kappa shape index (κ2) is 4.57. The summed E-state index contributed by atoms with van der Waals surface area (Å²) in [4.78, 5) is 22.9. The van der Waals surface area contributed by atoms with Crippen LogP contribution >= 0.6 is 0 Å². The third-order valence-corrected chi connectivity index (χ3v) is 1.94. The zero-order valence-corrected chi connectivity index (χ0v) is 10.7. The number of hydrogen-bond donors (Lipinski definition) is 1. The van der Waals surface area contributed by atoms with Crippen molar-refractivity contribution in [1.29, 1.82) is 0 Å². The van der Waals surface area contributed by atoms with Crippen LogP contribution in [0, 0.1) is 0 Å². The van der Waals surface area contributed by atoms with Crippen LogP contribution in [0.3, 0.4) is 0 Å². The second-order valence-electron chi connectivity index (χ2n) is 4.71. The summed E-state index contributed by atoms with van der Waals surface area (Å²) in [5.74, 6) is 0.177. The van der Waals surface area contributed by atoms with Crippen molar-refractivity contribution >= 4 is 17.7 Å². The summed E-state index contributed by atoms with van der Waals surface area (Å²) in [6, 6.07) is 0. The van der Waals surface area contributed by atoms with E-state index in [-0.39, 0.29) is 5.78 Å². The molecule has 0 spiro atoms. The van der Waals surface area contributed by atoms with Gasteiger partial charge in [-0.15, -0.1) is 0 Å². The number of aromatic nitrogens is 2. The van der Waals surface area contributed by atoms with Gasteiger partial charge >= 0.3 is 6.09 Å². The number of carbonyl (C=O) groups excluding carboxylic acids is 2. The van der Waals surface area contributed by atoms with Crippen LogP contribution in [0.15, 0.2) is 6.20 Å². The summed E-state index contributed by atoms with van der Waals surface area (Å²) in [6.45, 7) is 6.71. The van der Waals surface area contributed by atoms with Gasteiger partial charge in [0.1, 0.15) is 11.4 Å². The Morgan fingerprint density at radius 3 is 2.47 bits per heavy atom. The van der Waals surface area contributed by atoms with Crippen LogP contribution < -0.4 is 5.32 Å². The Labute approximate surface area is 99.9 Å². The maximum absolute atomic E-state index is 11.6. The molecule has 0 radical (unpaired) electrons. The summed E-state index contributed by atoms with van der Waals surface area (Å²) in [5.41, 5.74) is -0.225. The highest BCUT2D eigenvalue weighted by molar-refractivity contribution is 6.01. The fraction of sp³-hybridized carbons (Fsp3) is 0.545. The van der Waals surface area contributed by atoms with Gasteiger partial charge in [0.05, 0.1) is 11.8 Å². The molecule has 6 heteroatoms. The summed E-state index contributed by atoms with van der Waals surface area (Å²) >= 11 is 0. The molecule has 0 aliphatic carbocycles. The molecule has 1 rings (SSSR count). The van der Waals surface area contributed by atoms with Gasteiger partial charge in [-0.05, 0) is 27.7 Å². The Morgan fingerprint density at radius 2 is 2.00 bits per heavy atom. The number of carbonyl (C=O) groups is 2. The second-order valence-corrected chi connectivity index (χ2v) is 4.71. The Bertz CT molecular complexity index is 443. The summed E-state index contributed by atoms with van der Waals surface area (Å²) in [7, 11) is 1.64. The number of Topliss-reactive ketones (excluding diaryl/α,β-unsaturated/α-hetero) is 1. The fourth-order valence-electron chi connectivity index (χ4n) is 1.24. The normalized spacial score (nSPS) is 11.1. The number of nitrogens with one attached hydrogen (secondary N) is 1. The number of ketones is 1. The molecule has 1 amide bonds. The first-order valence-electron chi connectivity index (χ1n) is 5.23. The minimum absolute atomic E-state index is 0.163. The van der Waals surface area contributed by atoms with E-state index in [1.54, 1.807) is 27.8 Å². The van der Waals surface area contributed by atoms with Gasteiger partial charge in [-0.1, -0.05) is 0 Å². The molecule has 17 heavy (non-hydrogen) atoms. The van der Waals surface area contributed by atoms with E-state index in [2.05, 4.69) is 10.4 Å². The lowest BCUT2D eigenvalue weighted by molar-refractivity contribution is 0.0634. The zero-order valence-electron chi connectivity index (χ0n) is 10.7. The highest BCUT2D eigenvalue weighted by Gasteiger charge is 2.20. The molecule has 0 unspecified atom stereocenters. The molecule has 0 atom stereocenters. The number of ether oxygens (including phenoxy) is 1. The van der Waals surface area contributed by atoms with E-state index in [0.29, 0.717) is 11.4 Å². The van der Waals surface area contributed by atoms with Gasteiger partial charge in [-0.25, -0.2) is 4.79 Å². The minimum atomic E-state index is -0.608. The van der Waals surface area contributed by atoms with Gasteiger partial charge in [0.25, 0.3) is 0 Å². The predicted octanol–water partition coefficient (Wildman–Crippen LogP) is 1.97. The van der Waals surface area contributed by atoms with Crippen molar-refractivity contribution in [2.24, 2.45) is 7.05 Å². The first-order valence-corrected chi connectivity index (χ1v) is 5.23. The third kappa shape index (κ3) is 3.58. The molecule has 94 valence electrons. The average molecular weight is 239 g/mol. The van der Waals surface area contributed by atoms with Crippen molar-refractivity contribution in [3.63, 3.8) is 0 Å². The van der Waals surface area contributed by atoms with Crippen molar-refractivity contribution < 1.29 is 14.3 Å². The smallest absolute Gasteiger partial charge is 0.413 e. The maximum Gasteiger partial charge on any atom is 0.413 e. The van der Waals surface area contributed by atoms with Gasteiger partial charge in [0, 0.05) is 7.05 Å². The van der Waals surface area contributed by atoms with Crippen molar-refractivity contribution in [2.75, 3.05) is 5.32 Å². The molecule has 0 fully saturated rings. The Hall–Kier alpha value is -1.85. The molecule has 1 N–H and O–H groups in total. The van der Waals surface area contributed by atoms with Crippen molar-refractivity contribution in [3.8, 4) is 0 Å². The van der Waals surface area contributed by atoms with Crippen LogP contribution in [-0.4, -0.2) is 27.3 Å². The van der Waals surface area contributed by atoms with Crippen LogP contribution in [0.1, 0.15) is 38.1 Å². The monoisotopic (exact) mass is 239 g/mol. The third-order valence-electron chi connectivity index (χ3n) is 1.94. The summed E-state index contributed by atoms with van der Waals surface area (Å²) in [5, 5.41) is 6.43. The molecule has 6 nitrogen and oxygen atoms in total. The van der Waals surface area contributed by atoms with Crippen LogP contribution in [-0.2, 0) is 11.8 Å². The molecule has 0 saturated heterocycles. The molecular weight excluding hydrogens is 222 g/mol. The Balaban J connectivity index is 2.85. The topological polar surface area (TPSA) is 73.2 Å². The largest absolute Gasteiger partial charge is 0.444 e. The molecule has 0 bridgehead atoms. The van der Waals surface area contributed by atoms with Crippen molar-refractivity contribution in [3.05, 3.63) is 11.8 Å². The fourth-order valence-corrected chi connectivity index (χ4v) is 1.24. The molecular formula is C11H17N3O3. The van der Waals surface area contributed by atoms with E-state index in [1.807, 2.05) is 0 Å². The highest BCUT2D eigenvalue weighted by atomic mass is 16.6. The SMILES string of the molecule is CC(=O)c1cnn(C)c1NC(=O)OC(C)(C)C. The van der Waals surface area contributed by atoms with Gasteiger partial charge in [-0.2, -0.15) is 5.10 Å². The summed E-state index contributed by atoms with van der Waals surface area (Å²) < 4.78 is 6.52. The first-order chi connectivity index (χ1) is 7.70. The van der Waals surface area contributed by atoms with Gasteiger partial charge in [-0.3, -0.25) is 14.8 Å². The lowest BCUT2D eigenvalue weighted by Crippen LogP contribution is -2.28. The van der Waals surface area contributed by atoms with E-state index >= 15 is 0 Å². The van der Waals surface area contributed by atoms with Gasteiger partial charge in [0.15, 0.2) is 5.78 Å². The molecule has 0 aromatic carbocycles. The van der Waals surface area contributed by atoms with Gasteiger partial charge in [0.2, 0.25) is 0 Å². The number of anilines is 1. The number of amides is 1. The molecule has 1 aromatic heterocycles. The molecule has 1 heterocycles. The molecule has 0 aliphatic heterocycles. The van der Waals surface area contributed by atoms with Gasteiger partial charge < -0.3 is 4.74 Å². The van der Waals surface area contributed by atoms with Crippen LogP contribution in [0.2, 0.25) is 0 Å². The lowest BCUT2D eigenvalue weighted by atomic mass is 10.2. The van der Waals surface area contributed by atoms with Crippen LogP contribution in [0.5, 0.6) is 0 Å². The van der Waals surface area contributed by atoms with E-state index in [4.69, 9.17) is 4.74 Å². The predicted molar refractivity (Wildman–Crippen MR) is 63.1 cm³/mol. The molecule has 0 aliphatic rings. The lowest BCUT2D eigenvalue weighted by Gasteiger charge is -2.19. The summed E-state index contributed by atoms with van der Waals surface area (Å²) in [6.07, 6.45) is 0.804. The molecule has 0 saturated carbocycles. The van der Waals surface area contributed by atoms with E-state index in [0.717, 1.165) is 0 Å². The standard InChI is InChI=1S/C11H17N3O3/c1-7(15)8-6-12-14(5)9(8)13-10(16)17-11(2,3)4/h6H,1-5H3,(H,13,16). The average Bonchev–Trinajstić information content (AvgIpc) is 2.44. The van der Waals surface area contributed by atoms with E-state index in [9.17, 15) is 9.59 Å². The maximum atomic E-state index is 11.6. The first kappa shape index (κ1) is 13.2. The highest BCUT2D eigenvalue weighted by Crippen LogP contribution is 2.16. The number of rotatable bonds is 2.